The Balaban J connectivity index is 1.31. The molecule has 4 rings (SSSR count). The van der Waals surface area contributed by atoms with Crippen molar-refractivity contribution >= 4 is 11.3 Å². The van der Waals surface area contributed by atoms with Crippen LogP contribution in [0.2, 0.25) is 0 Å². The van der Waals surface area contributed by atoms with Gasteiger partial charge in [0, 0.05) is 43.2 Å². The van der Waals surface area contributed by atoms with Crippen LogP contribution in [0, 0.1) is 0 Å². The molecule has 0 radical (unpaired) electrons. The van der Waals surface area contributed by atoms with Crippen LogP contribution >= 0.6 is 11.3 Å². The number of thiazole rings is 1. The second-order valence-electron chi connectivity index (χ2n) is 7.04. The van der Waals surface area contributed by atoms with E-state index < -0.39 is 0 Å². The Morgan fingerprint density at radius 1 is 1.29 bits per heavy atom. The van der Waals surface area contributed by atoms with Crippen LogP contribution in [0.25, 0.3) is 0 Å². The van der Waals surface area contributed by atoms with Crippen molar-refractivity contribution in [3.8, 4) is 0 Å². The summed E-state index contributed by atoms with van der Waals surface area (Å²) in [5, 5.41) is 5.06. The van der Waals surface area contributed by atoms with Crippen LogP contribution in [0.3, 0.4) is 0 Å². The van der Waals surface area contributed by atoms with Crippen LogP contribution < -0.4 is 5.32 Å². The number of aromatic nitrogens is 3. The second-order valence-corrected chi connectivity index (χ2v) is 8.18. The van der Waals surface area contributed by atoms with E-state index in [0.29, 0.717) is 6.04 Å². The molecule has 6 heteroatoms. The fourth-order valence-electron chi connectivity index (χ4n) is 3.88. The summed E-state index contributed by atoms with van der Waals surface area (Å²) in [5.74, 6) is 0.723. The van der Waals surface area contributed by atoms with Gasteiger partial charge in [0.25, 0.3) is 0 Å². The minimum Gasteiger partial charge on any atom is -0.372 e. The summed E-state index contributed by atoms with van der Waals surface area (Å²) in [6.07, 6.45) is 13.5. The normalized spacial score (nSPS) is 25.4. The van der Waals surface area contributed by atoms with Gasteiger partial charge < -0.3 is 14.6 Å². The Morgan fingerprint density at radius 3 is 2.96 bits per heavy atom. The Bertz CT molecular complexity index is 662. The average Bonchev–Trinajstić information content (AvgIpc) is 3.34. The van der Waals surface area contributed by atoms with Crippen LogP contribution in [0.1, 0.15) is 66.1 Å². The summed E-state index contributed by atoms with van der Waals surface area (Å²) in [6, 6.07) is 0.496. The van der Waals surface area contributed by atoms with Crippen molar-refractivity contribution < 1.29 is 4.74 Å². The number of hydrogen-bond acceptors (Lipinski definition) is 5. The highest BCUT2D eigenvalue weighted by Gasteiger charge is 2.26. The molecule has 0 aromatic carbocycles. The molecule has 1 aliphatic carbocycles. The molecule has 2 fully saturated rings. The third-order valence-electron chi connectivity index (χ3n) is 5.31. The van der Waals surface area contributed by atoms with Gasteiger partial charge in [-0.2, -0.15) is 0 Å². The van der Waals surface area contributed by atoms with E-state index >= 15 is 0 Å². The molecule has 2 aliphatic rings. The van der Waals surface area contributed by atoms with Gasteiger partial charge in [0.1, 0.15) is 6.10 Å². The molecule has 130 valence electrons. The van der Waals surface area contributed by atoms with Gasteiger partial charge in [-0.05, 0) is 25.7 Å². The molecule has 0 spiro atoms. The zero-order valence-electron chi connectivity index (χ0n) is 14.3. The van der Waals surface area contributed by atoms with Gasteiger partial charge in [-0.3, -0.25) is 0 Å². The van der Waals surface area contributed by atoms with Crippen LogP contribution in [0.15, 0.2) is 18.7 Å². The quantitative estimate of drug-likeness (QED) is 0.900. The first kappa shape index (κ1) is 16.2. The zero-order valence-corrected chi connectivity index (χ0v) is 15.1. The molecule has 2 aromatic heterocycles. The van der Waals surface area contributed by atoms with Crippen LogP contribution in [0.5, 0.6) is 0 Å². The highest BCUT2D eigenvalue weighted by Crippen LogP contribution is 2.36. The lowest BCUT2D eigenvalue weighted by molar-refractivity contribution is -0.00400. The summed E-state index contributed by atoms with van der Waals surface area (Å²) < 4.78 is 8.01. The summed E-state index contributed by atoms with van der Waals surface area (Å²) in [4.78, 5) is 10.2. The van der Waals surface area contributed by atoms with E-state index in [4.69, 9.17) is 4.74 Å². The molecule has 1 saturated carbocycles. The molecule has 5 nitrogen and oxygen atoms in total. The molecule has 2 aromatic rings. The van der Waals surface area contributed by atoms with Crippen molar-refractivity contribution in [1.29, 1.82) is 0 Å². The van der Waals surface area contributed by atoms with Crippen molar-refractivity contribution in [2.75, 3.05) is 6.61 Å². The zero-order chi connectivity index (χ0) is 16.4. The number of nitrogens with zero attached hydrogens (tertiary/aromatic N) is 3. The number of hydrogen-bond donors (Lipinski definition) is 1. The number of aryl methyl sites for hydroxylation is 1. The van der Waals surface area contributed by atoms with E-state index in [1.165, 1.54) is 41.3 Å². The third kappa shape index (κ3) is 3.55. The Morgan fingerprint density at radius 2 is 2.17 bits per heavy atom. The lowest BCUT2D eigenvalue weighted by atomic mass is 10.0. The lowest BCUT2D eigenvalue weighted by Gasteiger charge is -2.30. The van der Waals surface area contributed by atoms with Gasteiger partial charge in [-0.15, -0.1) is 11.3 Å². The predicted octanol–water partition coefficient (Wildman–Crippen LogP) is 3.54. The molecule has 0 amide bonds. The van der Waals surface area contributed by atoms with E-state index in [0.717, 1.165) is 31.9 Å². The highest BCUT2D eigenvalue weighted by atomic mass is 32.1. The van der Waals surface area contributed by atoms with Gasteiger partial charge in [-0.25, -0.2) is 9.97 Å². The van der Waals surface area contributed by atoms with Crippen LogP contribution in [-0.4, -0.2) is 27.2 Å². The third-order valence-corrected chi connectivity index (χ3v) is 6.47. The SMILES string of the molecule is Cn1cncc1[C@H]1C[C@H](NCc2cnc(C3CCCC3)s2)CCO1. The number of imidazole rings is 1. The van der Waals surface area contributed by atoms with Gasteiger partial charge in [-0.1, -0.05) is 12.8 Å². The summed E-state index contributed by atoms with van der Waals surface area (Å²) >= 11 is 1.90. The molecule has 0 bridgehead atoms. The van der Waals surface area contributed by atoms with E-state index in [2.05, 4.69) is 26.0 Å². The van der Waals surface area contributed by atoms with Gasteiger partial charge in [0.15, 0.2) is 0 Å². The number of nitrogens with one attached hydrogen (secondary N) is 1. The Kier molecular flexibility index (Phi) is 4.96. The summed E-state index contributed by atoms with van der Waals surface area (Å²) in [7, 11) is 2.03. The number of rotatable bonds is 5. The Hall–Kier alpha value is -1.24. The molecule has 0 unspecified atom stereocenters. The molecular weight excluding hydrogens is 320 g/mol. The summed E-state index contributed by atoms with van der Waals surface area (Å²) in [5.41, 5.74) is 1.17. The van der Waals surface area contributed by atoms with Gasteiger partial charge in [0.05, 0.1) is 23.2 Å². The standard InChI is InChI=1S/C18H26N4OS/c1-22-12-19-11-16(22)17-8-14(6-7-23-17)20-9-15-10-21-18(24-15)13-4-2-3-5-13/h10-14,17,20H,2-9H2,1H3/t14-,17-/m1/s1. The van der Waals surface area contributed by atoms with Crippen LogP contribution in [-0.2, 0) is 18.3 Å². The maximum atomic E-state index is 5.95. The summed E-state index contributed by atoms with van der Waals surface area (Å²) in [6.45, 7) is 1.73. The maximum absolute atomic E-state index is 5.95. The van der Waals surface area contributed by atoms with E-state index in [9.17, 15) is 0 Å². The van der Waals surface area contributed by atoms with E-state index in [-0.39, 0.29) is 6.10 Å². The van der Waals surface area contributed by atoms with Crippen molar-refractivity contribution in [2.24, 2.45) is 7.05 Å². The molecule has 1 aliphatic heterocycles. The van der Waals surface area contributed by atoms with Gasteiger partial charge >= 0.3 is 0 Å². The fourth-order valence-corrected chi connectivity index (χ4v) is 4.91. The number of ether oxygens (including phenoxy) is 1. The first-order valence-electron chi connectivity index (χ1n) is 9.05. The average molecular weight is 347 g/mol. The first-order chi connectivity index (χ1) is 11.8. The van der Waals surface area contributed by atoms with Crippen molar-refractivity contribution in [1.82, 2.24) is 19.9 Å². The van der Waals surface area contributed by atoms with E-state index in [1.54, 1.807) is 0 Å². The minimum atomic E-state index is 0.152. The van der Waals surface area contributed by atoms with Crippen molar-refractivity contribution in [3.63, 3.8) is 0 Å². The van der Waals surface area contributed by atoms with Gasteiger partial charge in [0.2, 0.25) is 0 Å². The largest absolute Gasteiger partial charge is 0.372 e. The molecule has 3 heterocycles. The van der Waals surface area contributed by atoms with Crippen molar-refractivity contribution in [2.45, 2.75) is 63.1 Å². The molecule has 1 saturated heterocycles. The first-order valence-corrected chi connectivity index (χ1v) is 9.87. The highest BCUT2D eigenvalue weighted by molar-refractivity contribution is 7.11. The minimum absolute atomic E-state index is 0.152. The molecule has 24 heavy (non-hydrogen) atoms. The fraction of sp³-hybridized carbons (Fsp3) is 0.667. The molecular formula is C18H26N4OS. The predicted molar refractivity (Wildman–Crippen MR) is 95.1 cm³/mol. The van der Waals surface area contributed by atoms with E-state index in [1.807, 2.05) is 30.9 Å². The molecule has 2 atom stereocenters. The van der Waals surface area contributed by atoms with Crippen LogP contribution in [0.4, 0.5) is 0 Å². The topological polar surface area (TPSA) is 52.0 Å². The lowest BCUT2D eigenvalue weighted by Crippen LogP contribution is -2.36. The van der Waals surface area contributed by atoms with Crippen molar-refractivity contribution in [3.05, 3.63) is 34.3 Å². The monoisotopic (exact) mass is 346 g/mol. The maximum Gasteiger partial charge on any atom is 0.100 e. The second kappa shape index (κ2) is 7.33. The smallest absolute Gasteiger partial charge is 0.100 e. The molecule has 1 N–H and O–H groups in total. The Labute approximate surface area is 147 Å².